The molecular weight excluding hydrogens is 110 g/mol. The number of thiol groups is 1. The average molecular weight is 117 g/mol. The molecule has 1 saturated heterocycles. The molecule has 1 rings (SSSR count). The highest BCUT2D eigenvalue weighted by Crippen LogP contribution is 2.05. The lowest BCUT2D eigenvalue weighted by atomic mass is 10.4. The Morgan fingerprint density at radius 3 is 2.71 bits per heavy atom. The van der Waals surface area contributed by atoms with Crippen molar-refractivity contribution >= 4 is 18.5 Å². The summed E-state index contributed by atoms with van der Waals surface area (Å²) < 4.78 is 0. The Kier molecular flexibility index (Phi) is 1.23. The summed E-state index contributed by atoms with van der Waals surface area (Å²) in [6, 6.07) is 0. The lowest BCUT2D eigenvalue weighted by Gasteiger charge is -1.89. The third-order valence-electron chi connectivity index (χ3n) is 1.02. The van der Waals surface area contributed by atoms with Crippen molar-refractivity contribution in [1.29, 1.82) is 0 Å². The first-order valence-corrected chi connectivity index (χ1v) is 2.78. The van der Waals surface area contributed by atoms with Crippen molar-refractivity contribution in [2.24, 2.45) is 0 Å². The molecule has 3 heteroatoms. The lowest BCUT2D eigenvalue weighted by Crippen LogP contribution is -2.18. The van der Waals surface area contributed by atoms with Gasteiger partial charge in [0.05, 0.1) is 5.25 Å². The molecule has 1 amide bonds. The highest BCUT2D eigenvalue weighted by Gasteiger charge is 2.18. The summed E-state index contributed by atoms with van der Waals surface area (Å²) in [5.41, 5.74) is 0. The van der Waals surface area contributed by atoms with Gasteiger partial charge in [0.2, 0.25) is 5.91 Å². The second-order valence-corrected chi connectivity index (χ2v) is 2.22. The van der Waals surface area contributed by atoms with Gasteiger partial charge in [-0.25, -0.2) is 0 Å². The van der Waals surface area contributed by atoms with Gasteiger partial charge in [-0.1, -0.05) is 0 Å². The highest BCUT2D eigenvalue weighted by molar-refractivity contribution is 7.81. The van der Waals surface area contributed by atoms with Crippen LogP contribution in [0.1, 0.15) is 6.42 Å². The Morgan fingerprint density at radius 1 is 1.86 bits per heavy atom. The molecule has 0 aromatic heterocycles. The zero-order chi connectivity index (χ0) is 5.28. The van der Waals surface area contributed by atoms with E-state index < -0.39 is 0 Å². The van der Waals surface area contributed by atoms with Crippen LogP contribution in [-0.4, -0.2) is 17.7 Å². The molecule has 0 spiro atoms. The normalized spacial score (nSPS) is 30.4. The molecule has 1 heterocycles. The molecule has 1 fully saturated rings. The molecule has 0 aromatic rings. The van der Waals surface area contributed by atoms with Crippen LogP contribution in [0.5, 0.6) is 0 Å². The third-order valence-corrected chi connectivity index (χ3v) is 1.51. The van der Waals surface area contributed by atoms with Crippen molar-refractivity contribution in [3.63, 3.8) is 0 Å². The summed E-state index contributed by atoms with van der Waals surface area (Å²) in [6.07, 6.45) is 0.877. The van der Waals surface area contributed by atoms with Crippen molar-refractivity contribution in [2.45, 2.75) is 11.7 Å². The first-order chi connectivity index (χ1) is 3.30. The molecule has 1 unspecified atom stereocenters. The predicted octanol–water partition coefficient (Wildman–Crippen LogP) is -0.195. The van der Waals surface area contributed by atoms with Gasteiger partial charge in [-0.15, -0.1) is 0 Å². The maximum absolute atomic E-state index is 10.4. The molecule has 0 bridgehead atoms. The molecule has 1 atom stereocenters. The van der Waals surface area contributed by atoms with Crippen LogP contribution in [0.15, 0.2) is 0 Å². The number of carbonyl (C=O) groups is 1. The fourth-order valence-corrected chi connectivity index (χ4v) is 0.801. The maximum Gasteiger partial charge on any atom is 0.232 e. The zero-order valence-corrected chi connectivity index (χ0v) is 4.74. The van der Waals surface area contributed by atoms with E-state index in [0.29, 0.717) is 0 Å². The van der Waals surface area contributed by atoms with Crippen LogP contribution in [0.2, 0.25) is 0 Å². The highest BCUT2D eigenvalue weighted by atomic mass is 32.1. The molecule has 1 aliphatic heterocycles. The van der Waals surface area contributed by atoms with E-state index in [4.69, 9.17) is 0 Å². The van der Waals surface area contributed by atoms with E-state index in [2.05, 4.69) is 17.9 Å². The number of amides is 1. The molecule has 2 nitrogen and oxygen atoms in total. The fourth-order valence-electron chi connectivity index (χ4n) is 0.581. The van der Waals surface area contributed by atoms with Gasteiger partial charge in [-0.2, -0.15) is 12.6 Å². The zero-order valence-electron chi connectivity index (χ0n) is 3.85. The van der Waals surface area contributed by atoms with Crippen LogP contribution in [0.25, 0.3) is 0 Å². The molecule has 0 aliphatic carbocycles. The summed E-state index contributed by atoms with van der Waals surface area (Å²) >= 11 is 3.98. The van der Waals surface area contributed by atoms with Gasteiger partial charge >= 0.3 is 0 Å². The van der Waals surface area contributed by atoms with E-state index in [0.717, 1.165) is 13.0 Å². The van der Waals surface area contributed by atoms with Gasteiger partial charge in [0.1, 0.15) is 0 Å². The molecule has 0 radical (unpaired) electrons. The van der Waals surface area contributed by atoms with Crippen molar-refractivity contribution in [3.8, 4) is 0 Å². The van der Waals surface area contributed by atoms with Gasteiger partial charge in [0.25, 0.3) is 0 Å². The largest absolute Gasteiger partial charge is 0.355 e. The lowest BCUT2D eigenvalue weighted by molar-refractivity contribution is -0.118. The van der Waals surface area contributed by atoms with Crippen LogP contribution < -0.4 is 5.32 Å². The maximum atomic E-state index is 10.4. The van der Waals surface area contributed by atoms with Crippen molar-refractivity contribution in [3.05, 3.63) is 0 Å². The van der Waals surface area contributed by atoms with Crippen molar-refractivity contribution < 1.29 is 4.79 Å². The monoisotopic (exact) mass is 117 g/mol. The Bertz CT molecular complexity index is 93.7. The summed E-state index contributed by atoms with van der Waals surface area (Å²) in [5, 5.41) is 2.61. The van der Waals surface area contributed by atoms with E-state index in [1.165, 1.54) is 0 Å². The standard InChI is InChI=1S/C4H7NOS/c6-4-3(7)1-2-5-4/h3,7H,1-2H2,(H,5,6). The summed E-state index contributed by atoms with van der Waals surface area (Å²) in [6.45, 7) is 0.799. The molecule has 40 valence electrons. The molecular formula is C4H7NOS. The molecule has 0 aromatic carbocycles. The summed E-state index contributed by atoms with van der Waals surface area (Å²) in [5.74, 6) is 0.0725. The van der Waals surface area contributed by atoms with E-state index in [1.807, 2.05) is 0 Å². The average Bonchev–Trinajstić information content (AvgIpc) is 1.91. The van der Waals surface area contributed by atoms with Crippen LogP contribution in [-0.2, 0) is 4.79 Å². The Balaban J connectivity index is 2.48. The Labute approximate surface area is 47.7 Å². The first-order valence-electron chi connectivity index (χ1n) is 2.26. The second-order valence-electron chi connectivity index (χ2n) is 1.60. The fraction of sp³-hybridized carbons (Fsp3) is 0.750. The van der Waals surface area contributed by atoms with Gasteiger partial charge in [-0.05, 0) is 6.42 Å². The number of hydrogen-bond donors (Lipinski definition) is 2. The van der Waals surface area contributed by atoms with Crippen LogP contribution in [0.4, 0.5) is 0 Å². The van der Waals surface area contributed by atoms with E-state index in [9.17, 15) is 4.79 Å². The van der Waals surface area contributed by atoms with Gasteiger partial charge < -0.3 is 5.32 Å². The van der Waals surface area contributed by atoms with Crippen molar-refractivity contribution in [2.75, 3.05) is 6.54 Å². The van der Waals surface area contributed by atoms with Gasteiger partial charge in [0.15, 0.2) is 0 Å². The number of carbonyl (C=O) groups excluding carboxylic acids is 1. The van der Waals surface area contributed by atoms with Crippen molar-refractivity contribution in [1.82, 2.24) is 5.32 Å². The minimum atomic E-state index is -0.0417. The quantitative estimate of drug-likeness (QED) is 0.423. The molecule has 0 saturated carbocycles. The smallest absolute Gasteiger partial charge is 0.232 e. The molecule has 1 N–H and O–H groups in total. The van der Waals surface area contributed by atoms with E-state index in [1.54, 1.807) is 0 Å². The van der Waals surface area contributed by atoms with Crippen LogP contribution >= 0.6 is 12.6 Å². The molecule has 7 heavy (non-hydrogen) atoms. The van der Waals surface area contributed by atoms with Gasteiger partial charge in [-0.3, -0.25) is 4.79 Å². The Morgan fingerprint density at radius 2 is 2.57 bits per heavy atom. The minimum Gasteiger partial charge on any atom is -0.355 e. The number of nitrogens with one attached hydrogen (secondary N) is 1. The summed E-state index contributed by atoms with van der Waals surface area (Å²) in [7, 11) is 0. The third kappa shape index (κ3) is 0.881. The van der Waals surface area contributed by atoms with Crippen LogP contribution in [0.3, 0.4) is 0 Å². The van der Waals surface area contributed by atoms with Gasteiger partial charge in [0, 0.05) is 6.54 Å². The van der Waals surface area contributed by atoms with E-state index in [-0.39, 0.29) is 11.2 Å². The number of rotatable bonds is 0. The SMILES string of the molecule is O=C1NCCC1S. The van der Waals surface area contributed by atoms with Crippen LogP contribution in [0, 0.1) is 0 Å². The van der Waals surface area contributed by atoms with E-state index >= 15 is 0 Å². The minimum absolute atomic E-state index is 0.0417. The topological polar surface area (TPSA) is 29.1 Å². The molecule has 1 aliphatic rings. The predicted molar refractivity (Wildman–Crippen MR) is 30.4 cm³/mol. The Hall–Kier alpha value is -0.180. The number of hydrogen-bond acceptors (Lipinski definition) is 2. The first kappa shape index (κ1) is 4.97. The summed E-state index contributed by atoms with van der Waals surface area (Å²) in [4.78, 5) is 10.4. The second kappa shape index (κ2) is 1.74.